The highest BCUT2D eigenvalue weighted by Crippen LogP contribution is 2.39. The van der Waals surface area contributed by atoms with E-state index in [2.05, 4.69) is 0 Å². The maximum atomic E-state index is 12.8. The first-order valence-corrected chi connectivity index (χ1v) is 8.79. The number of carbonyl (C=O) groups excluding carboxylic acids is 2. The van der Waals surface area contributed by atoms with Gasteiger partial charge in [-0.05, 0) is 55.2 Å². The maximum Gasteiger partial charge on any atom is 0.314 e. The second-order valence-corrected chi connectivity index (χ2v) is 6.86. The van der Waals surface area contributed by atoms with Gasteiger partial charge in [0.25, 0.3) is 0 Å². The van der Waals surface area contributed by atoms with E-state index in [0.29, 0.717) is 34.1 Å². The first-order valence-electron chi connectivity index (χ1n) is 8.79. The zero-order chi connectivity index (χ0) is 18.5. The molecule has 0 amide bonds. The van der Waals surface area contributed by atoms with Crippen molar-refractivity contribution in [3.05, 3.63) is 52.8 Å². The molecule has 2 aliphatic heterocycles. The van der Waals surface area contributed by atoms with Gasteiger partial charge >= 0.3 is 5.97 Å². The molecule has 2 aromatic carbocycles. The third-order valence-corrected chi connectivity index (χ3v) is 4.77. The summed E-state index contributed by atoms with van der Waals surface area (Å²) in [7, 11) is 0. The summed E-state index contributed by atoms with van der Waals surface area (Å²) < 4.78 is 21.8. The number of rotatable bonds is 3. The van der Waals surface area contributed by atoms with Crippen LogP contribution in [-0.2, 0) is 4.79 Å². The molecule has 2 aromatic rings. The standard InChI is InChI=1S/C21H16O6/c1-11-6-14(26-21(23)13-3-4-13)9-17-19(11)20(22)18(27-17)8-12-2-5-15-16(7-12)25-10-24-15/h2,5-9,13H,3-4,10H2,1H3/b18-8-. The minimum Gasteiger partial charge on any atom is -0.454 e. The molecule has 0 atom stereocenters. The van der Waals surface area contributed by atoms with Gasteiger partial charge in [0.15, 0.2) is 17.3 Å². The van der Waals surface area contributed by atoms with Gasteiger partial charge in [0.05, 0.1) is 11.5 Å². The molecule has 5 rings (SSSR count). The number of ketones is 1. The van der Waals surface area contributed by atoms with E-state index in [1.54, 1.807) is 37.3 Å². The SMILES string of the molecule is Cc1cc(OC(=O)C2CC2)cc2c1C(=O)/C(=C/c1ccc3c(c1)OCO3)O2. The van der Waals surface area contributed by atoms with Crippen LogP contribution in [0.4, 0.5) is 0 Å². The zero-order valence-electron chi connectivity index (χ0n) is 14.6. The molecule has 6 heteroatoms. The predicted molar refractivity (Wildman–Crippen MR) is 95.0 cm³/mol. The third-order valence-electron chi connectivity index (χ3n) is 4.77. The van der Waals surface area contributed by atoms with Gasteiger partial charge in [-0.15, -0.1) is 0 Å². The van der Waals surface area contributed by atoms with Gasteiger partial charge < -0.3 is 18.9 Å². The Bertz CT molecular complexity index is 1020. The minimum atomic E-state index is -0.227. The molecule has 136 valence electrons. The average Bonchev–Trinajstić information content (AvgIpc) is 3.31. The molecular formula is C21H16O6. The Balaban J connectivity index is 1.44. The molecule has 2 heterocycles. The Morgan fingerprint density at radius 3 is 2.74 bits per heavy atom. The van der Waals surface area contributed by atoms with E-state index < -0.39 is 0 Å². The van der Waals surface area contributed by atoms with E-state index in [-0.39, 0.29) is 30.2 Å². The van der Waals surface area contributed by atoms with Crippen LogP contribution in [0.25, 0.3) is 6.08 Å². The number of ether oxygens (including phenoxy) is 4. The van der Waals surface area contributed by atoms with E-state index >= 15 is 0 Å². The first kappa shape index (κ1) is 15.9. The lowest BCUT2D eigenvalue weighted by atomic mass is 10.0. The third kappa shape index (κ3) is 2.83. The lowest BCUT2D eigenvalue weighted by molar-refractivity contribution is -0.135. The molecule has 0 radical (unpaired) electrons. The van der Waals surface area contributed by atoms with Gasteiger partial charge in [0, 0.05) is 6.07 Å². The Hall–Kier alpha value is -3.28. The quantitative estimate of drug-likeness (QED) is 0.470. The van der Waals surface area contributed by atoms with Crippen molar-refractivity contribution >= 4 is 17.8 Å². The lowest BCUT2D eigenvalue weighted by Gasteiger charge is -2.07. The summed E-state index contributed by atoms with van der Waals surface area (Å²) in [5.41, 5.74) is 1.98. The van der Waals surface area contributed by atoms with E-state index in [1.807, 2.05) is 6.07 Å². The first-order chi connectivity index (χ1) is 13.1. The molecule has 0 aromatic heterocycles. The second kappa shape index (κ2) is 5.87. The maximum absolute atomic E-state index is 12.8. The molecule has 0 saturated heterocycles. The van der Waals surface area contributed by atoms with Crippen LogP contribution in [0.5, 0.6) is 23.0 Å². The van der Waals surface area contributed by atoms with Crippen molar-refractivity contribution in [3.63, 3.8) is 0 Å². The number of Topliss-reactive ketones (excluding diaryl/α,β-unsaturated/α-hetero) is 1. The van der Waals surface area contributed by atoms with Crippen LogP contribution in [0.15, 0.2) is 36.1 Å². The molecule has 1 fully saturated rings. The number of carbonyl (C=O) groups is 2. The van der Waals surface area contributed by atoms with E-state index in [4.69, 9.17) is 18.9 Å². The minimum absolute atomic E-state index is 0.00238. The van der Waals surface area contributed by atoms with Crippen molar-refractivity contribution in [1.82, 2.24) is 0 Å². The zero-order valence-corrected chi connectivity index (χ0v) is 14.6. The van der Waals surface area contributed by atoms with Gasteiger partial charge in [0.1, 0.15) is 11.5 Å². The van der Waals surface area contributed by atoms with Crippen LogP contribution in [0.1, 0.15) is 34.3 Å². The highest BCUT2D eigenvalue weighted by molar-refractivity contribution is 6.15. The Morgan fingerprint density at radius 1 is 1.11 bits per heavy atom. The van der Waals surface area contributed by atoms with Crippen LogP contribution < -0.4 is 18.9 Å². The normalized spacial score (nSPS) is 18.4. The van der Waals surface area contributed by atoms with Gasteiger partial charge in [0.2, 0.25) is 12.6 Å². The topological polar surface area (TPSA) is 71.1 Å². The smallest absolute Gasteiger partial charge is 0.314 e. The van der Waals surface area contributed by atoms with Crippen molar-refractivity contribution in [2.45, 2.75) is 19.8 Å². The number of benzene rings is 2. The van der Waals surface area contributed by atoms with Crippen LogP contribution in [0.3, 0.4) is 0 Å². The molecule has 0 unspecified atom stereocenters. The highest BCUT2D eigenvalue weighted by Gasteiger charge is 2.33. The summed E-state index contributed by atoms with van der Waals surface area (Å²) in [6.45, 7) is 2.00. The molecular weight excluding hydrogens is 348 g/mol. The Labute approximate surface area is 155 Å². The van der Waals surface area contributed by atoms with Crippen molar-refractivity contribution in [2.24, 2.45) is 5.92 Å². The van der Waals surface area contributed by atoms with Crippen LogP contribution in [0, 0.1) is 12.8 Å². The molecule has 3 aliphatic rings. The molecule has 27 heavy (non-hydrogen) atoms. The highest BCUT2D eigenvalue weighted by atomic mass is 16.7. The van der Waals surface area contributed by atoms with Gasteiger partial charge in [-0.3, -0.25) is 9.59 Å². The van der Waals surface area contributed by atoms with Crippen LogP contribution >= 0.6 is 0 Å². The molecule has 0 bridgehead atoms. The fourth-order valence-electron chi connectivity index (χ4n) is 3.21. The fourth-order valence-corrected chi connectivity index (χ4v) is 3.21. The summed E-state index contributed by atoms with van der Waals surface area (Å²) >= 11 is 0. The van der Waals surface area contributed by atoms with Gasteiger partial charge in [-0.25, -0.2) is 0 Å². The number of hydrogen-bond acceptors (Lipinski definition) is 6. The van der Waals surface area contributed by atoms with Crippen molar-refractivity contribution in [1.29, 1.82) is 0 Å². The number of allylic oxidation sites excluding steroid dienone is 1. The summed E-state index contributed by atoms with van der Waals surface area (Å²) in [6.07, 6.45) is 3.42. The molecule has 0 N–H and O–H groups in total. The van der Waals surface area contributed by atoms with Crippen LogP contribution in [-0.4, -0.2) is 18.5 Å². The summed E-state index contributed by atoms with van der Waals surface area (Å²) in [5, 5.41) is 0. The largest absolute Gasteiger partial charge is 0.454 e. The van der Waals surface area contributed by atoms with Crippen molar-refractivity contribution in [3.8, 4) is 23.0 Å². The van der Waals surface area contributed by atoms with E-state index in [9.17, 15) is 9.59 Å². The predicted octanol–water partition coefficient (Wildman–Crippen LogP) is 3.66. The number of fused-ring (bicyclic) bond motifs is 2. The molecule has 6 nitrogen and oxygen atoms in total. The van der Waals surface area contributed by atoms with Gasteiger partial charge in [-0.2, -0.15) is 0 Å². The van der Waals surface area contributed by atoms with Gasteiger partial charge in [-0.1, -0.05) is 6.07 Å². The lowest BCUT2D eigenvalue weighted by Crippen LogP contribution is -2.10. The number of hydrogen-bond donors (Lipinski definition) is 0. The Kier molecular flexibility index (Phi) is 3.47. The van der Waals surface area contributed by atoms with Crippen LogP contribution in [0.2, 0.25) is 0 Å². The van der Waals surface area contributed by atoms with Crippen molar-refractivity contribution in [2.75, 3.05) is 6.79 Å². The summed E-state index contributed by atoms with van der Waals surface area (Å²) in [4.78, 5) is 24.6. The summed E-state index contributed by atoms with van der Waals surface area (Å²) in [5.74, 6) is 1.93. The van der Waals surface area contributed by atoms with E-state index in [0.717, 1.165) is 18.4 Å². The molecule has 1 aliphatic carbocycles. The van der Waals surface area contributed by atoms with E-state index in [1.165, 1.54) is 0 Å². The number of esters is 1. The summed E-state index contributed by atoms with van der Waals surface area (Å²) in [6, 6.07) is 8.72. The molecule has 1 saturated carbocycles. The fraction of sp³-hybridized carbons (Fsp3) is 0.238. The molecule has 0 spiro atoms. The second-order valence-electron chi connectivity index (χ2n) is 6.86. The Morgan fingerprint density at radius 2 is 1.93 bits per heavy atom. The monoisotopic (exact) mass is 364 g/mol. The average molecular weight is 364 g/mol. The number of aryl methyl sites for hydroxylation is 1. The van der Waals surface area contributed by atoms with Crippen molar-refractivity contribution < 1.29 is 28.5 Å².